The third-order valence-corrected chi connectivity index (χ3v) is 3.36. The van der Waals surface area contributed by atoms with Gasteiger partial charge in [-0.1, -0.05) is 5.16 Å². The number of nitrogens with zero attached hydrogens (tertiary/aromatic N) is 2. The molecule has 1 atom stereocenters. The molecule has 6 nitrogen and oxygen atoms in total. The Morgan fingerprint density at radius 2 is 2.05 bits per heavy atom. The fourth-order valence-corrected chi connectivity index (χ4v) is 2.37. The molecule has 1 aliphatic rings. The van der Waals surface area contributed by atoms with Gasteiger partial charge in [-0.3, -0.25) is 0 Å². The first-order chi connectivity index (χ1) is 9.86. The van der Waals surface area contributed by atoms with E-state index in [0.29, 0.717) is 21.5 Å². The molecule has 1 unspecified atom stereocenters. The minimum Gasteiger partial charge on any atom is -0.454 e. The van der Waals surface area contributed by atoms with Crippen molar-refractivity contribution in [1.82, 2.24) is 10.1 Å². The summed E-state index contributed by atoms with van der Waals surface area (Å²) in [4.78, 5) is 3.27. The molecule has 2 N–H and O–H groups in total. The van der Waals surface area contributed by atoms with Gasteiger partial charge < -0.3 is 19.7 Å². The molecule has 2 aromatic rings. The predicted octanol–water partition coefficient (Wildman–Crippen LogP) is 2.63. The lowest BCUT2D eigenvalue weighted by Gasteiger charge is -2.09. The summed E-state index contributed by atoms with van der Waals surface area (Å²) in [5.41, 5.74) is 6.33. The molecule has 0 spiro atoms. The molecule has 0 amide bonds. The van der Waals surface area contributed by atoms with Crippen molar-refractivity contribution in [3.05, 3.63) is 33.9 Å². The number of alkyl halides is 3. The summed E-state index contributed by atoms with van der Waals surface area (Å²) in [6.07, 6.45) is -4.71. The van der Waals surface area contributed by atoms with Crippen molar-refractivity contribution >= 4 is 15.9 Å². The molecule has 0 saturated carbocycles. The van der Waals surface area contributed by atoms with Gasteiger partial charge in [0, 0.05) is 0 Å². The highest BCUT2D eigenvalue weighted by molar-refractivity contribution is 9.10. The van der Waals surface area contributed by atoms with Crippen molar-refractivity contribution in [2.45, 2.75) is 12.2 Å². The first-order valence-corrected chi connectivity index (χ1v) is 6.41. The summed E-state index contributed by atoms with van der Waals surface area (Å²) < 4.78 is 52.4. The molecule has 112 valence electrons. The molecule has 0 bridgehead atoms. The van der Waals surface area contributed by atoms with Gasteiger partial charge in [-0.05, 0) is 33.6 Å². The normalized spacial score (nSPS) is 15.3. The third kappa shape index (κ3) is 2.56. The fraction of sp³-hybridized carbons (Fsp3) is 0.273. The molecule has 10 heteroatoms. The molecule has 3 rings (SSSR count). The van der Waals surface area contributed by atoms with Crippen molar-refractivity contribution in [2.75, 3.05) is 6.79 Å². The van der Waals surface area contributed by atoms with Crippen LogP contribution in [0.1, 0.15) is 23.3 Å². The van der Waals surface area contributed by atoms with Gasteiger partial charge in [-0.25, -0.2) is 0 Å². The van der Waals surface area contributed by atoms with E-state index in [0.717, 1.165) is 0 Å². The van der Waals surface area contributed by atoms with Crippen LogP contribution in [-0.4, -0.2) is 16.9 Å². The van der Waals surface area contributed by atoms with Gasteiger partial charge in [0.05, 0.1) is 10.5 Å². The molecular formula is C11H7BrF3N3O3. The quantitative estimate of drug-likeness (QED) is 0.880. The summed E-state index contributed by atoms with van der Waals surface area (Å²) in [7, 11) is 0. The first-order valence-electron chi connectivity index (χ1n) is 5.61. The maximum atomic E-state index is 12.4. The molecule has 21 heavy (non-hydrogen) atoms. The molecule has 1 aliphatic heterocycles. The lowest BCUT2D eigenvalue weighted by Crippen LogP contribution is -2.14. The Morgan fingerprint density at radius 3 is 2.71 bits per heavy atom. The van der Waals surface area contributed by atoms with Crippen LogP contribution in [-0.2, 0) is 6.18 Å². The van der Waals surface area contributed by atoms with E-state index in [1.807, 2.05) is 0 Å². The van der Waals surface area contributed by atoms with Gasteiger partial charge in [0.1, 0.15) is 0 Å². The van der Waals surface area contributed by atoms with Crippen molar-refractivity contribution in [3.63, 3.8) is 0 Å². The Hall–Kier alpha value is -1.81. The van der Waals surface area contributed by atoms with Gasteiger partial charge >= 0.3 is 12.1 Å². The first kappa shape index (κ1) is 14.1. The van der Waals surface area contributed by atoms with Crippen molar-refractivity contribution in [3.8, 4) is 11.5 Å². The van der Waals surface area contributed by atoms with E-state index in [4.69, 9.17) is 15.2 Å². The van der Waals surface area contributed by atoms with Crippen LogP contribution in [0.15, 0.2) is 21.1 Å². The number of nitrogens with two attached hydrogens (primary N) is 1. The van der Waals surface area contributed by atoms with Gasteiger partial charge in [-0.2, -0.15) is 18.2 Å². The maximum Gasteiger partial charge on any atom is 0.471 e. The zero-order valence-corrected chi connectivity index (χ0v) is 11.7. The van der Waals surface area contributed by atoms with Crippen LogP contribution in [0, 0.1) is 0 Å². The van der Waals surface area contributed by atoms with E-state index >= 15 is 0 Å². The maximum absolute atomic E-state index is 12.4. The Balaban J connectivity index is 1.94. The summed E-state index contributed by atoms with van der Waals surface area (Å²) in [5, 5.41) is 3.26. The smallest absolute Gasteiger partial charge is 0.454 e. The molecule has 1 aromatic heterocycles. The Labute approximate surface area is 124 Å². The highest BCUT2D eigenvalue weighted by Gasteiger charge is 2.39. The van der Waals surface area contributed by atoms with Gasteiger partial charge in [0.25, 0.3) is 0 Å². The van der Waals surface area contributed by atoms with Gasteiger partial charge in [0.15, 0.2) is 17.3 Å². The highest BCUT2D eigenvalue weighted by Crippen LogP contribution is 2.41. The minimum absolute atomic E-state index is 0.0626. The number of benzene rings is 1. The van der Waals surface area contributed by atoms with Crippen molar-refractivity contribution in [2.24, 2.45) is 5.73 Å². The summed E-state index contributed by atoms with van der Waals surface area (Å²) in [6, 6.07) is 2.17. The molecule has 0 saturated heterocycles. The van der Waals surface area contributed by atoms with E-state index in [1.165, 1.54) is 0 Å². The number of rotatable bonds is 2. The molecule has 2 heterocycles. The number of ether oxygens (including phenoxy) is 2. The van der Waals surface area contributed by atoms with E-state index in [1.54, 1.807) is 12.1 Å². The number of halogens is 4. The predicted molar refractivity (Wildman–Crippen MR) is 65.6 cm³/mol. The number of hydrogen-bond donors (Lipinski definition) is 1. The molecule has 1 aromatic carbocycles. The van der Waals surface area contributed by atoms with E-state index < -0.39 is 18.1 Å². The van der Waals surface area contributed by atoms with Gasteiger partial charge in [-0.15, -0.1) is 0 Å². The highest BCUT2D eigenvalue weighted by atomic mass is 79.9. The average molecular weight is 366 g/mol. The zero-order valence-electron chi connectivity index (χ0n) is 10.1. The van der Waals surface area contributed by atoms with Crippen LogP contribution in [0.25, 0.3) is 0 Å². The molecule has 0 fully saturated rings. The van der Waals surface area contributed by atoms with Crippen LogP contribution < -0.4 is 15.2 Å². The topological polar surface area (TPSA) is 83.4 Å². The second kappa shape index (κ2) is 4.88. The Kier molecular flexibility index (Phi) is 3.29. The van der Waals surface area contributed by atoms with E-state index in [-0.39, 0.29) is 12.6 Å². The SMILES string of the molecule is NC(c1cc(Br)c2c(c1)OCO2)c1noc(C(F)(F)F)n1. The van der Waals surface area contributed by atoms with Crippen LogP contribution in [0.3, 0.4) is 0 Å². The summed E-state index contributed by atoms with van der Waals surface area (Å²) in [6.45, 7) is 0.0626. The fourth-order valence-electron chi connectivity index (χ4n) is 1.79. The van der Waals surface area contributed by atoms with E-state index in [9.17, 15) is 13.2 Å². The summed E-state index contributed by atoms with van der Waals surface area (Å²) >= 11 is 3.27. The second-order valence-electron chi connectivity index (χ2n) is 4.17. The van der Waals surface area contributed by atoms with E-state index in [2.05, 4.69) is 30.6 Å². The summed E-state index contributed by atoms with van der Waals surface area (Å²) in [5.74, 6) is -0.759. The number of fused-ring (bicyclic) bond motifs is 1. The largest absolute Gasteiger partial charge is 0.471 e. The minimum atomic E-state index is -4.71. The number of aromatic nitrogens is 2. The standard InChI is InChI=1S/C11H7BrF3N3O3/c12-5-1-4(2-6-8(5)20-3-19-6)7(16)9-17-10(21-18-9)11(13,14)15/h1-2,7H,3,16H2. The Morgan fingerprint density at radius 1 is 1.29 bits per heavy atom. The van der Waals surface area contributed by atoms with Crippen LogP contribution in [0.4, 0.5) is 13.2 Å². The third-order valence-electron chi connectivity index (χ3n) is 2.77. The van der Waals surface area contributed by atoms with Crippen LogP contribution >= 0.6 is 15.9 Å². The van der Waals surface area contributed by atoms with Gasteiger partial charge in [0.2, 0.25) is 6.79 Å². The average Bonchev–Trinajstić information content (AvgIpc) is 3.05. The molecular weight excluding hydrogens is 359 g/mol. The van der Waals surface area contributed by atoms with Crippen molar-refractivity contribution in [1.29, 1.82) is 0 Å². The lowest BCUT2D eigenvalue weighted by atomic mass is 10.1. The second-order valence-corrected chi connectivity index (χ2v) is 5.02. The monoisotopic (exact) mass is 365 g/mol. The molecule has 0 aliphatic carbocycles. The van der Waals surface area contributed by atoms with Crippen LogP contribution in [0.2, 0.25) is 0 Å². The lowest BCUT2D eigenvalue weighted by molar-refractivity contribution is -0.159. The Bertz CT molecular complexity index is 689. The zero-order chi connectivity index (χ0) is 15.2. The molecule has 0 radical (unpaired) electrons. The van der Waals surface area contributed by atoms with Crippen molar-refractivity contribution < 1.29 is 27.2 Å². The number of hydrogen-bond acceptors (Lipinski definition) is 6. The van der Waals surface area contributed by atoms with Crippen LogP contribution in [0.5, 0.6) is 11.5 Å².